The van der Waals surface area contributed by atoms with Gasteiger partial charge < -0.3 is 15.8 Å². The maximum Gasteiger partial charge on any atom is 0.343 e. The maximum absolute atomic E-state index is 11.9. The first-order valence-electron chi connectivity index (χ1n) is 7.19. The van der Waals surface area contributed by atoms with Crippen LogP contribution in [0.3, 0.4) is 0 Å². The quantitative estimate of drug-likeness (QED) is 0.436. The first kappa shape index (κ1) is 17.5. The monoisotopic (exact) mass is 312 g/mol. The second kappa shape index (κ2) is 8.02. The molecule has 1 heterocycles. The summed E-state index contributed by atoms with van der Waals surface area (Å²) in [6, 6.07) is 0. The van der Waals surface area contributed by atoms with Gasteiger partial charge in [0.1, 0.15) is 10.6 Å². The molecule has 0 aliphatic carbocycles. The Morgan fingerprint density at radius 3 is 2.57 bits per heavy atom. The molecule has 1 rings (SSSR count). The second-order valence-corrected chi connectivity index (χ2v) is 6.30. The molecule has 0 bridgehead atoms. The maximum atomic E-state index is 11.9. The van der Waals surface area contributed by atoms with Crippen LogP contribution in [0.4, 0.5) is 10.7 Å². The Labute approximate surface area is 129 Å². The number of nitrogens with one attached hydrogen (secondary N) is 1. The lowest BCUT2D eigenvalue weighted by atomic mass is 10.1. The zero-order valence-corrected chi connectivity index (χ0v) is 13.9. The van der Waals surface area contributed by atoms with Crippen LogP contribution in [0.1, 0.15) is 60.1 Å². The lowest BCUT2D eigenvalue weighted by molar-refractivity contribution is 0.0603. The van der Waals surface area contributed by atoms with E-state index in [1.807, 2.05) is 0 Å². The number of hydrogen-bond donors (Lipinski definition) is 2. The Morgan fingerprint density at radius 2 is 2.05 bits per heavy atom. The normalized spacial score (nSPS) is 10.7. The lowest BCUT2D eigenvalue weighted by Crippen LogP contribution is -2.09. The fraction of sp³-hybridized carbons (Fsp3) is 0.600. The number of carbonyl (C=O) groups is 2. The molecule has 3 N–H and O–H groups in total. The molecule has 0 radical (unpaired) electrons. The lowest BCUT2D eigenvalue weighted by Gasteiger charge is -2.08. The van der Waals surface area contributed by atoms with Crippen LogP contribution < -0.4 is 11.1 Å². The Kier molecular flexibility index (Phi) is 6.68. The van der Waals surface area contributed by atoms with Crippen LogP contribution in [-0.2, 0) is 4.74 Å². The first-order chi connectivity index (χ1) is 9.92. The molecule has 0 amide bonds. The summed E-state index contributed by atoms with van der Waals surface area (Å²) in [6.07, 6.45) is 2.45. The minimum Gasteiger partial charge on any atom is -0.465 e. The van der Waals surface area contributed by atoms with Gasteiger partial charge in [-0.3, -0.25) is 4.79 Å². The summed E-state index contributed by atoms with van der Waals surface area (Å²) in [4.78, 5) is 24.2. The number of hydrogen-bond acceptors (Lipinski definition) is 6. The Hall–Kier alpha value is -1.56. The Bertz CT molecular complexity index is 509. The van der Waals surface area contributed by atoms with E-state index in [1.165, 1.54) is 18.4 Å². The van der Waals surface area contributed by atoms with Crippen molar-refractivity contribution in [2.24, 2.45) is 5.92 Å². The molecule has 6 heteroatoms. The molecular weight excluding hydrogens is 288 g/mol. The molecule has 0 spiro atoms. The summed E-state index contributed by atoms with van der Waals surface area (Å²) in [5.74, 6) is 0.0701. The molecular formula is C15H24N2O3S. The summed E-state index contributed by atoms with van der Waals surface area (Å²) in [5.41, 5.74) is 6.47. The van der Waals surface area contributed by atoms with E-state index < -0.39 is 5.97 Å². The van der Waals surface area contributed by atoms with Crippen molar-refractivity contribution in [3.8, 4) is 0 Å². The highest BCUT2D eigenvalue weighted by Gasteiger charge is 2.25. The molecule has 1 aromatic heterocycles. The van der Waals surface area contributed by atoms with Crippen molar-refractivity contribution >= 4 is 33.8 Å². The number of rotatable bonds is 8. The average molecular weight is 312 g/mol. The third-order valence-corrected chi connectivity index (χ3v) is 4.36. The molecule has 0 aliphatic rings. The summed E-state index contributed by atoms with van der Waals surface area (Å²) in [6.45, 7) is 6.85. The van der Waals surface area contributed by atoms with E-state index in [2.05, 4.69) is 19.2 Å². The topological polar surface area (TPSA) is 81.4 Å². The smallest absolute Gasteiger partial charge is 0.343 e. The zero-order valence-electron chi connectivity index (χ0n) is 13.1. The summed E-state index contributed by atoms with van der Waals surface area (Å²) in [5, 5.41) is 3.83. The number of methoxy groups -OCH3 is 1. The number of Topliss-reactive ketones (excluding diaryl/α,β-unsaturated/α-hetero) is 1. The number of ketones is 1. The molecule has 1 aromatic rings. The number of carbonyl (C=O) groups excluding carboxylic acids is 2. The fourth-order valence-corrected chi connectivity index (χ4v) is 3.10. The van der Waals surface area contributed by atoms with E-state index in [0.717, 1.165) is 19.4 Å². The minimum absolute atomic E-state index is 0.0575. The zero-order chi connectivity index (χ0) is 16.0. The van der Waals surface area contributed by atoms with E-state index in [0.29, 0.717) is 22.2 Å². The van der Waals surface area contributed by atoms with Gasteiger partial charge in [-0.25, -0.2) is 4.79 Å². The SMILES string of the molecule is CCC(=O)c1sc(NCCCC(C)C)c(C(=O)OC)c1N. The molecule has 21 heavy (non-hydrogen) atoms. The van der Waals surface area contributed by atoms with Gasteiger partial charge in [-0.15, -0.1) is 11.3 Å². The van der Waals surface area contributed by atoms with E-state index in [4.69, 9.17) is 10.5 Å². The number of ether oxygens (including phenoxy) is 1. The molecule has 0 saturated heterocycles. The first-order valence-corrected chi connectivity index (χ1v) is 8.01. The molecule has 0 aromatic carbocycles. The van der Waals surface area contributed by atoms with E-state index in [-0.39, 0.29) is 17.0 Å². The van der Waals surface area contributed by atoms with Gasteiger partial charge in [-0.2, -0.15) is 0 Å². The molecule has 5 nitrogen and oxygen atoms in total. The number of thiophene rings is 1. The molecule has 0 aliphatic heterocycles. The molecule has 0 atom stereocenters. The van der Waals surface area contributed by atoms with Gasteiger partial charge >= 0.3 is 5.97 Å². The number of anilines is 2. The van der Waals surface area contributed by atoms with Gasteiger partial charge in [0, 0.05) is 13.0 Å². The minimum atomic E-state index is -0.509. The van der Waals surface area contributed by atoms with Crippen molar-refractivity contribution in [2.45, 2.75) is 40.0 Å². The van der Waals surface area contributed by atoms with Gasteiger partial charge in [-0.05, 0) is 18.8 Å². The molecule has 0 saturated carbocycles. The summed E-state index contributed by atoms with van der Waals surface area (Å²) in [7, 11) is 1.31. The highest BCUT2D eigenvalue weighted by molar-refractivity contribution is 7.19. The van der Waals surface area contributed by atoms with Crippen LogP contribution in [0.25, 0.3) is 0 Å². The van der Waals surface area contributed by atoms with Gasteiger partial charge in [0.2, 0.25) is 0 Å². The van der Waals surface area contributed by atoms with Crippen molar-refractivity contribution in [1.82, 2.24) is 0 Å². The number of esters is 1. The molecule has 0 unspecified atom stereocenters. The van der Waals surface area contributed by atoms with Crippen LogP contribution in [0.5, 0.6) is 0 Å². The highest BCUT2D eigenvalue weighted by atomic mass is 32.1. The highest BCUT2D eigenvalue weighted by Crippen LogP contribution is 2.37. The van der Waals surface area contributed by atoms with Crippen molar-refractivity contribution in [1.29, 1.82) is 0 Å². The van der Waals surface area contributed by atoms with Crippen LogP contribution in [0.15, 0.2) is 0 Å². The average Bonchev–Trinajstić information content (AvgIpc) is 2.78. The van der Waals surface area contributed by atoms with Crippen LogP contribution in [0.2, 0.25) is 0 Å². The van der Waals surface area contributed by atoms with Crippen molar-refractivity contribution in [3.63, 3.8) is 0 Å². The number of nitrogens with two attached hydrogens (primary N) is 1. The van der Waals surface area contributed by atoms with E-state index in [1.54, 1.807) is 6.92 Å². The fourth-order valence-electron chi connectivity index (χ4n) is 1.95. The standard InChI is InChI=1S/C15H24N2O3S/c1-5-10(18)13-12(16)11(15(19)20-4)14(21-13)17-8-6-7-9(2)3/h9,17H,5-8,16H2,1-4H3. The largest absolute Gasteiger partial charge is 0.465 e. The Morgan fingerprint density at radius 1 is 1.38 bits per heavy atom. The molecule has 0 fully saturated rings. The second-order valence-electron chi connectivity index (χ2n) is 5.28. The summed E-state index contributed by atoms with van der Waals surface area (Å²) >= 11 is 1.23. The van der Waals surface area contributed by atoms with Crippen LogP contribution in [-0.4, -0.2) is 25.4 Å². The Balaban J connectivity index is 2.95. The van der Waals surface area contributed by atoms with E-state index >= 15 is 0 Å². The summed E-state index contributed by atoms with van der Waals surface area (Å²) < 4.78 is 4.77. The van der Waals surface area contributed by atoms with Crippen molar-refractivity contribution in [2.75, 3.05) is 24.7 Å². The van der Waals surface area contributed by atoms with Crippen molar-refractivity contribution in [3.05, 3.63) is 10.4 Å². The van der Waals surface area contributed by atoms with Gasteiger partial charge in [0.05, 0.1) is 17.7 Å². The third kappa shape index (κ3) is 4.46. The van der Waals surface area contributed by atoms with Gasteiger partial charge in [-0.1, -0.05) is 20.8 Å². The number of nitrogen functional groups attached to an aromatic ring is 1. The predicted octanol–water partition coefficient (Wildman–Crippen LogP) is 3.56. The predicted molar refractivity (Wildman–Crippen MR) is 87.3 cm³/mol. The van der Waals surface area contributed by atoms with Crippen molar-refractivity contribution < 1.29 is 14.3 Å². The van der Waals surface area contributed by atoms with Gasteiger partial charge in [0.25, 0.3) is 0 Å². The van der Waals surface area contributed by atoms with Crippen LogP contribution >= 0.6 is 11.3 Å². The third-order valence-electron chi connectivity index (χ3n) is 3.15. The van der Waals surface area contributed by atoms with Gasteiger partial charge in [0.15, 0.2) is 5.78 Å². The molecule has 118 valence electrons. The van der Waals surface area contributed by atoms with Crippen LogP contribution in [0, 0.1) is 5.92 Å². The van der Waals surface area contributed by atoms with E-state index in [9.17, 15) is 9.59 Å².